The minimum Gasteiger partial charge on any atom is -0.573 e. The number of carbonyl (C=O) groups excluding carboxylic acids is 2. The number of aryl methyl sites for hydroxylation is 2. The fraction of sp³-hybridized carbons (Fsp3) is 0.125. The molecule has 0 heterocycles. The smallest absolute Gasteiger partial charge is 0.573 e. The largest absolute Gasteiger partial charge is 4.00 e. The van der Waals surface area contributed by atoms with Crippen LogP contribution in [-0.2, 0) is 30.7 Å². The summed E-state index contributed by atoms with van der Waals surface area (Å²) in [5.74, 6) is 0. The SMILES string of the molecule is Cc1c[c-]c(-c2[c-]cccc2)cc1C.[C-]=O.[C-]=O.[Pt+4]. The molecule has 2 nitrogen and oxygen atoms in total. The molecule has 19 heavy (non-hydrogen) atoms. The maximum absolute atomic E-state index is 7.50. The van der Waals surface area contributed by atoms with E-state index in [1.807, 2.05) is 24.3 Å². The van der Waals surface area contributed by atoms with Gasteiger partial charge in [0, 0.05) is 0 Å². The van der Waals surface area contributed by atoms with Gasteiger partial charge >= 0.3 is 21.1 Å². The average molecular weight is 431 g/mol. The van der Waals surface area contributed by atoms with E-state index in [0.29, 0.717) is 0 Å². The van der Waals surface area contributed by atoms with Crippen LogP contribution in [-0.4, -0.2) is 13.6 Å². The molecule has 2 aromatic carbocycles. The van der Waals surface area contributed by atoms with Gasteiger partial charge in [-0.05, 0) is 0 Å². The molecule has 0 spiro atoms. The van der Waals surface area contributed by atoms with Gasteiger partial charge in [-0.15, -0.1) is 17.2 Å². The third-order valence-corrected chi connectivity index (χ3v) is 2.43. The van der Waals surface area contributed by atoms with E-state index in [-0.39, 0.29) is 21.1 Å². The van der Waals surface area contributed by atoms with Gasteiger partial charge in [0.25, 0.3) is 0 Å². The van der Waals surface area contributed by atoms with Crippen LogP contribution < -0.4 is 0 Å². The van der Waals surface area contributed by atoms with E-state index in [2.05, 4.69) is 51.7 Å². The molecule has 0 amide bonds. The van der Waals surface area contributed by atoms with Crippen molar-refractivity contribution in [2.75, 3.05) is 0 Å². The normalized spacial score (nSPS) is 7.89. The maximum Gasteiger partial charge on any atom is 4.00 e. The molecule has 0 N–H and O–H groups in total. The van der Waals surface area contributed by atoms with Crippen molar-refractivity contribution in [2.24, 2.45) is 0 Å². The van der Waals surface area contributed by atoms with Crippen LogP contribution in [0, 0.1) is 26.0 Å². The molecule has 0 aliphatic carbocycles. The Kier molecular flexibility index (Phi) is 12.0. The van der Waals surface area contributed by atoms with Gasteiger partial charge in [-0.2, -0.15) is 42.5 Å². The van der Waals surface area contributed by atoms with Crippen molar-refractivity contribution in [1.82, 2.24) is 0 Å². The topological polar surface area (TPSA) is 34.1 Å². The number of benzene rings is 2. The van der Waals surface area contributed by atoms with Gasteiger partial charge in [-0.3, -0.25) is 0 Å². The molecule has 0 saturated carbocycles. The maximum atomic E-state index is 7.50. The molecule has 0 unspecified atom stereocenters. The predicted molar refractivity (Wildman–Crippen MR) is 70.4 cm³/mol. The predicted octanol–water partition coefficient (Wildman–Crippen LogP) is 2.77. The summed E-state index contributed by atoms with van der Waals surface area (Å²) in [5.41, 5.74) is 4.81. The molecule has 0 aromatic heterocycles. The van der Waals surface area contributed by atoms with E-state index in [4.69, 9.17) is 9.59 Å². The standard InChI is InChI=1S/C14H12.2CO.Pt/c1-11-8-9-14(10-12(11)2)13-6-4-3-5-7-13;2*1-2;/h3-6,8,10H,1-2H3;;;/q-2;2*-1;+4. The molecular weight excluding hydrogens is 419 g/mol. The Morgan fingerprint density at radius 3 is 2.00 bits per heavy atom. The van der Waals surface area contributed by atoms with Crippen molar-refractivity contribution in [3.05, 3.63) is 59.7 Å². The van der Waals surface area contributed by atoms with E-state index in [9.17, 15) is 0 Å². The molecule has 2 rings (SSSR count). The van der Waals surface area contributed by atoms with Crippen LogP contribution in [0.1, 0.15) is 11.1 Å². The summed E-state index contributed by atoms with van der Waals surface area (Å²) in [7, 11) is 0. The Morgan fingerprint density at radius 1 is 0.895 bits per heavy atom. The van der Waals surface area contributed by atoms with Gasteiger partial charge in [0.2, 0.25) is 0 Å². The van der Waals surface area contributed by atoms with E-state index in [1.54, 1.807) is 0 Å². The van der Waals surface area contributed by atoms with Gasteiger partial charge in [0.1, 0.15) is 0 Å². The van der Waals surface area contributed by atoms with Gasteiger partial charge in [-0.25, -0.2) is 11.1 Å². The van der Waals surface area contributed by atoms with Crippen LogP contribution >= 0.6 is 0 Å². The summed E-state index contributed by atoms with van der Waals surface area (Å²) in [6, 6.07) is 18.6. The van der Waals surface area contributed by atoms with Crippen molar-refractivity contribution < 1.29 is 30.7 Å². The van der Waals surface area contributed by atoms with Crippen molar-refractivity contribution in [3.8, 4) is 11.1 Å². The third kappa shape index (κ3) is 6.26. The summed E-state index contributed by atoms with van der Waals surface area (Å²) < 4.78 is 0. The first-order valence-electron chi connectivity index (χ1n) is 5.14. The Balaban J connectivity index is 0. The van der Waals surface area contributed by atoms with E-state index < -0.39 is 0 Å². The Bertz CT molecular complexity index is 467. The Hall–Kier alpha value is -1.53. The molecule has 0 saturated heterocycles. The summed E-state index contributed by atoms with van der Waals surface area (Å²) in [4.78, 5) is 15.0. The minimum absolute atomic E-state index is 0. The molecule has 0 bridgehead atoms. The number of hydrogen-bond acceptors (Lipinski definition) is 2. The van der Waals surface area contributed by atoms with Gasteiger partial charge in [0.05, 0.1) is 0 Å². The number of rotatable bonds is 1. The van der Waals surface area contributed by atoms with Gasteiger partial charge in [0.15, 0.2) is 0 Å². The molecule has 3 heteroatoms. The summed E-state index contributed by atoms with van der Waals surface area (Å²) in [6.07, 6.45) is 0. The molecule has 2 aromatic rings. The molecule has 0 aliphatic heterocycles. The first-order chi connectivity index (χ1) is 8.77. The second-order valence-electron chi connectivity index (χ2n) is 3.49. The molecule has 0 fully saturated rings. The molecule has 2 radical (unpaired) electrons. The molecular formula is C16H12O2Pt. The van der Waals surface area contributed by atoms with Crippen LogP contribution in [0.15, 0.2) is 36.4 Å². The minimum atomic E-state index is 0. The quantitative estimate of drug-likeness (QED) is 0.651. The monoisotopic (exact) mass is 431 g/mol. The fourth-order valence-electron chi connectivity index (χ4n) is 1.39. The fourth-order valence-corrected chi connectivity index (χ4v) is 1.39. The molecule has 98 valence electrons. The van der Waals surface area contributed by atoms with Gasteiger partial charge < -0.3 is 23.2 Å². The molecule has 0 atom stereocenters. The van der Waals surface area contributed by atoms with Crippen molar-refractivity contribution in [1.29, 1.82) is 0 Å². The van der Waals surface area contributed by atoms with Crippen molar-refractivity contribution in [2.45, 2.75) is 13.8 Å². The van der Waals surface area contributed by atoms with Crippen LogP contribution in [0.5, 0.6) is 0 Å². The second kappa shape index (κ2) is 11.6. The zero-order chi connectivity index (χ0) is 14.0. The zero-order valence-corrected chi connectivity index (χ0v) is 12.9. The van der Waals surface area contributed by atoms with E-state index >= 15 is 0 Å². The average Bonchev–Trinajstić information content (AvgIpc) is 2.47. The first kappa shape index (κ1) is 19.8. The summed E-state index contributed by atoms with van der Waals surface area (Å²) in [6.45, 7) is 13.2. The zero-order valence-electron chi connectivity index (χ0n) is 10.6. The van der Waals surface area contributed by atoms with E-state index in [1.165, 1.54) is 11.1 Å². The van der Waals surface area contributed by atoms with Crippen LogP contribution in [0.2, 0.25) is 0 Å². The Morgan fingerprint density at radius 2 is 1.53 bits per heavy atom. The molecule has 0 aliphatic rings. The van der Waals surface area contributed by atoms with Crippen molar-refractivity contribution >= 4 is 13.6 Å². The third-order valence-electron chi connectivity index (χ3n) is 2.43. The van der Waals surface area contributed by atoms with Crippen molar-refractivity contribution in [3.63, 3.8) is 0 Å². The van der Waals surface area contributed by atoms with Crippen LogP contribution in [0.25, 0.3) is 11.1 Å². The first-order valence-corrected chi connectivity index (χ1v) is 5.14. The summed E-state index contributed by atoms with van der Waals surface area (Å²) >= 11 is 0. The van der Waals surface area contributed by atoms with Crippen LogP contribution in [0.3, 0.4) is 0 Å². The Labute approximate surface area is 129 Å². The van der Waals surface area contributed by atoms with E-state index in [0.717, 1.165) is 11.1 Å². The second-order valence-corrected chi connectivity index (χ2v) is 3.49. The van der Waals surface area contributed by atoms with Gasteiger partial charge in [-0.1, -0.05) is 13.8 Å². The number of hydrogen-bond donors (Lipinski definition) is 0. The summed E-state index contributed by atoms with van der Waals surface area (Å²) in [5, 5.41) is 0. The van der Waals surface area contributed by atoms with Crippen LogP contribution in [0.4, 0.5) is 0 Å².